The molecule has 4 aromatic heterocycles. The van der Waals surface area contributed by atoms with Crippen molar-refractivity contribution in [2.75, 3.05) is 0 Å². The molecule has 0 spiro atoms. The molecule has 0 aliphatic rings. The van der Waals surface area contributed by atoms with Crippen molar-refractivity contribution in [1.29, 1.82) is 0 Å². The maximum atomic E-state index is 9.56. The lowest BCUT2D eigenvalue weighted by atomic mass is 9.97. The maximum absolute atomic E-state index is 9.56. The topological polar surface area (TPSA) is 52.1 Å². The van der Waals surface area contributed by atoms with Crippen molar-refractivity contribution in [2.45, 2.75) is 0 Å². The maximum Gasteiger partial charge on any atom is 0.143 e. The number of nitrogens with zero attached hydrogens (tertiary/aromatic N) is 2. The van der Waals surface area contributed by atoms with Gasteiger partial charge < -0.3 is 8.83 Å². The molecule has 0 radical (unpaired) electrons. The van der Waals surface area contributed by atoms with Crippen molar-refractivity contribution in [1.82, 2.24) is 9.97 Å². The molecule has 0 saturated carbocycles. The first-order valence-electron chi connectivity index (χ1n) is 25.3. The molecule has 4 heterocycles. The zero-order valence-electron chi connectivity index (χ0n) is 45.6. The van der Waals surface area contributed by atoms with Crippen molar-refractivity contribution in [3.05, 3.63) is 158 Å². The van der Waals surface area contributed by atoms with Crippen molar-refractivity contribution < 1.29 is 36.2 Å². The summed E-state index contributed by atoms with van der Waals surface area (Å²) in [7, 11) is 0. The molecular weight excluding hydrogens is 645 g/mol. The molecule has 0 bridgehead atoms. The van der Waals surface area contributed by atoms with Crippen molar-refractivity contribution in [2.24, 2.45) is 0 Å². The number of para-hydroxylation sites is 4. The predicted octanol–water partition coefficient (Wildman–Crippen LogP) is 13.3. The average molecular weight is 691 g/mol. The van der Waals surface area contributed by atoms with Crippen LogP contribution in [-0.2, 0) is 0 Å². The Kier molecular flexibility index (Phi) is 3.26. The first kappa shape index (κ1) is 15.1. The second kappa shape index (κ2) is 11.0. The lowest BCUT2D eigenvalue weighted by Crippen LogP contribution is -1.87. The van der Waals surface area contributed by atoms with Crippen LogP contribution in [0.3, 0.4) is 0 Å². The summed E-state index contributed by atoms with van der Waals surface area (Å²) in [5, 5.41) is -0.364. The van der Waals surface area contributed by atoms with Crippen LogP contribution < -0.4 is 0 Å². The molecule has 51 heavy (non-hydrogen) atoms. The Morgan fingerprint density at radius 2 is 1.10 bits per heavy atom. The summed E-state index contributed by atoms with van der Waals surface area (Å²) in [5.41, 5.74) is -1.98. The highest BCUT2D eigenvalue weighted by molar-refractivity contribution is 7.26. The fraction of sp³-hybridized carbons (Fsp3) is 0. The van der Waals surface area contributed by atoms with Gasteiger partial charge in [-0.05, 0) is 58.6 Å². The minimum absolute atomic E-state index is 0.0259. The van der Waals surface area contributed by atoms with Crippen LogP contribution in [0.4, 0.5) is 0 Å². The average Bonchev–Trinajstić information content (AvgIpc) is 4.05. The highest BCUT2D eigenvalue weighted by Gasteiger charge is 2.17. The molecule has 0 aliphatic heterocycles. The van der Waals surface area contributed by atoms with E-state index < -0.39 is 109 Å². The molecule has 0 amide bonds. The predicted molar refractivity (Wildman–Crippen MR) is 211 cm³/mol. The van der Waals surface area contributed by atoms with Gasteiger partial charge in [0.2, 0.25) is 0 Å². The van der Waals surface area contributed by atoms with Gasteiger partial charge in [-0.3, -0.25) is 0 Å². The third kappa shape index (κ3) is 4.38. The van der Waals surface area contributed by atoms with E-state index in [2.05, 4.69) is 9.97 Å². The van der Waals surface area contributed by atoms with Crippen molar-refractivity contribution >= 4 is 75.5 Å². The molecule has 7 aromatic carbocycles. The zero-order valence-corrected chi connectivity index (χ0v) is 26.4. The number of rotatable bonds is 4. The third-order valence-electron chi connectivity index (χ3n) is 8.51. The molecule has 0 unspecified atom stereocenters. The highest BCUT2D eigenvalue weighted by atomic mass is 32.1. The fourth-order valence-corrected chi connectivity index (χ4v) is 7.36. The van der Waals surface area contributed by atoms with E-state index >= 15 is 0 Å². The molecule has 0 aliphatic carbocycles. The Hall–Kier alpha value is -6.56. The number of hydrogen-bond acceptors (Lipinski definition) is 5. The second-order valence-electron chi connectivity index (χ2n) is 11.3. The van der Waals surface area contributed by atoms with Gasteiger partial charge in [0, 0.05) is 48.3 Å². The molecular formula is C46H26N2O2S. The van der Waals surface area contributed by atoms with Crippen LogP contribution in [0.5, 0.6) is 0 Å². The van der Waals surface area contributed by atoms with Crippen molar-refractivity contribution in [3.8, 4) is 44.6 Å². The summed E-state index contributed by atoms with van der Waals surface area (Å²) in [6, 6.07) is -3.57. The minimum atomic E-state index is -0.661. The summed E-state index contributed by atoms with van der Waals surface area (Å²) in [6.45, 7) is 0. The number of fused-ring (bicyclic) bond motifs is 9. The van der Waals surface area contributed by atoms with E-state index in [0.717, 1.165) is 12.1 Å². The quantitative estimate of drug-likeness (QED) is 0.184. The Bertz CT molecular complexity index is 4320. The van der Waals surface area contributed by atoms with Gasteiger partial charge in [0.25, 0.3) is 0 Å². The van der Waals surface area contributed by atoms with Gasteiger partial charge in [-0.25, -0.2) is 9.97 Å². The van der Waals surface area contributed by atoms with E-state index in [1.54, 1.807) is 18.2 Å². The van der Waals surface area contributed by atoms with E-state index in [-0.39, 0.29) is 101 Å². The smallest absolute Gasteiger partial charge is 0.143 e. The van der Waals surface area contributed by atoms with Gasteiger partial charge in [-0.1, -0.05) is 115 Å². The summed E-state index contributed by atoms with van der Waals surface area (Å²) in [4.78, 5) is 9.03. The molecule has 4 nitrogen and oxygen atoms in total. The van der Waals surface area contributed by atoms with Crippen molar-refractivity contribution in [3.63, 3.8) is 0 Å². The minimum Gasteiger partial charge on any atom is -0.455 e. The van der Waals surface area contributed by atoms with Crippen LogP contribution in [0.2, 0.25) is 0 Å². The summed E-state index contributed by atoms with van der Waals surface area (Å²) in [5.74, 6) is 0. The van der Waals surface area contributed by atoms with Crippen LogP contribution in [0.15, 0.2) is 166 Å². The molecule has 0 fully saturated rings. The number of thiophene rings is 1. The summed E-state index contributed by atoms with van der Waals surface area (Å²) >= 11 is 1.17. The van der Waals surface area contributed by atoms with Gasteiger partial charge >= 0.3 is 0 Å². The van der Waals surface area contributed by atoms with Crippen LogP contribution >= 0.6 is 11.3 Å². The first-order valence-corrected chi connectivity index (χ1v) is 16.1. The Balaban J connectivity index is 1.11. The Morgan fingerprint density at radius 1 is 0.510 bits per heavy atom. The van der Waals surface area contributed by atoms with Crippen LogP contribution in [0, 0.1) is 0 Å². The molecule has 11 rings (SSSR count). The van der Waals surface area contributed by atoms with E-state index in [4.69, 9.17) is 33.5 Å². The van der Waals surface area contributed by atoms with Gasteiger partial charge in [-0.2, -0.15) is 0 Å². The SMILES string of the molecule is [2H]c1cc([2H])c(-c2c([2H])c([2H])c([2H])c3c2oc2c([2H])c([2H])c([2H])c([2H])c23)c([2H])c1-c1ccc2sc3c(-c4c([2H])cc([2H])c(-c5c([2H])c([2H])c([2H])c6c5oc5c([2H])c([2H])c([2H])c([2H])c56)c4[2H])ncnc3c2c1. The third-order valence-corrected chi connectivity index (χ3v) is 9.68. The molecule has 0 atom stereocenters. The first-order chi connectivity index (χ1) is 33.6. The van der Waals surface area contributed by atoms with Crippen LogP contribution in [-0.4, -0.2) is 9.97 Å². The molecule has 5 heteroatoms. The Labute approximate surface area is 324 Å². The lowest BCUT2D eigenvalue weighted by Gasteiger charge is -2.08. The van der Waals surface area contributed by atoms with E-state index in [9.17, 15) is 2.74 Å². The van der Waals surface area contributed by atoms with Crippen LogP contribution in [0.25, 0.3) is 109 Å². The molecule has 11 aromatic rings. The zero-order chi connectivity index (χ0) is 50.9. The van der Waals surface area contributed by atoms with Gasteiger partial charge in [0.1, 0.15) is 28.7 Å². The normalized spacial score (nSPS) is 17.4. The van der Waals surface area contributed by atoms with Gasteiger partial charge in [0.15, 0.2) is 0 Å². The Morgan fingerprint density at radius 3 is 1.78 bits per heavy atom. The monoisotopic (exact) mass is 690 g/mol. The molecule has 238 valence electrons. The second-order valence-corrected chi connectivity index (χ2v) is 12.4. The number of benzene rings is 7. The number of aromatic nitrogens is 2. The standard InChI is InChI=1S/C46H26N2O2S/c1-3-19-39-34(13-1)36-17-7-15-32(44(36)49-39)29-10-5-9-27(23-29)28-21-22-41-38(25-28)43-46(51-41)42(47-26-48-43)31-12-6-11-30(24-31)33-16-8-18-37-35-14-2-4-20-40(35)50-45(33)37/h1-26H/i1D,2D,3D,4D,7D,8D,9D,10D,11D,12D,13D,14D,15D,16D,17D,18D,19D,20D,23D,24D. The molecule has 0 saturated heterocycles. The summed E-state index contributed by atoms with van der Waals surface area (Å²) < 4.78 is 188. The molecule has 0 N–H and O–H groups in total. The fourth-order valence-electron chi connectivity index (χ4n) is 6.23. The van der Waals surface area contributed by atoms with E-state index in [1.165, 1.54) is 17.7 Å². The van der Waals surface area contributed by atoms with Gasteiger partial charge in [0.05, 0.1) is 43.3 Å². The number of furan rings is 2. The van der Waals surface area contributed by atoms with Gasteiger partial charge in [-0.15, -0.1) is 11.3 Å². The largest absolute Gasteiger partial charge is 0.455 e. The number of hydrogen-bond donors (Lipinski definition) is 0. The summed E-state index contributed by atoms with van der Waals surface area (Å²) in [6.07, 6.45) is 1.19. The van der Waals surface area contributed by atoms with Crippen LogP contribution in [0.1, 0.15) is 27.4 Å². The lowest BCUT2D eigenvalue weighted by molar-refractivity contribution is 0.669. The van der Waals surface area contributed by atoms with E-state index in [0.29, 0.717) is 20.3 Å². The van der Waals surface area contributed by atoms with E-state index in [1.807, 2.05) is 0 Å². The highest BCUT2D eigenvalue weighted by Crippen LogP contribution is 2.42.